The van der Waals surface area contributed by atoms with Crippen LogP contribution in [0.5, 0.6) is 5.75 Å². The van der Waals surface area contributed by atoms with Crippen molar-refractivity contribution in [3.05, 3.63) is 28.8 Å². The molecular weight excluding hydrogens is 304 g/mol. The van der Waals surface area contributed by atoms with Gasteiger partial charge in [0.15, 0.2) is 0 Å². The Bertz CT molecular complexity index is 568. The smallest absolute Gasteiger partial charge is 0.264 e. The van der Waals surface area contributed by atoms with Gasteiger partial charge in [-0.1, -0.05) is 17.7 Å². The van der Waals surface area contributed by atoms with Gasteiger partial charge >= 0.3 is 0 Å². The summed E-state index contributed by atoms with van der Waals surface area (Å²) >= 11 is 6.09. The second kappa shape index (κ2) is 6.30. The molecule has 20 heavy (non-hydrogen) atoms. The fourth-order valence-electron chi connectivity index (χ4n) is 1.66. The van der Waals surface area contributed by atoms with Gasteiger partial charge in [0.05, 0.1) is 30.1 Å². The van der Waals surface area contributed by atoms with Crippen molar-refractivity contribution in [2.45, 2.75) is 31.5 Å². The van der Waals surface area contributed by atoms with Crippen LogP contribution in [0, 0.1) is 0 Å². The Morgan fingerprint density at radius 1 is 1.45 bits per heavy atom. The molecule has 0 amide bonds. The lowest BCUT2D eigenvalue weighted by molar-refractivity contribution is 0.143. The Labute approximate surface area is 123 Å². The second-order valence-corrected chi connectivity index (χ2v) is 6.89. The van der Waals surface area contributed by atoms with E-state index in [1.54, 1.807) is 18.2 Å². The molecule has 0 spiro atoms. The first-order valence-electron chi connectivity index (χ1n) is 6.34. The van der Waals surface area contributed by atoms with E-state index in [0.29, 0.717) is 16.3 Å². The van der Waals surface area contributed by atoms with Gasteiger partial charge in [0.2, 0.25) is 0 Å². The van der Waals surface area contributed by atoms with Gasteiger partial charge in [0.25, 0.3) is 10.1 Å². The Balaban J connectivity index is 1.92. The molecule has 112 valence electrons. The zero-order chi connectivity index (χ0) is 14.8. The Kier molecular flexibility index (Phi) is 4.90. The zero-order valence-corrected chi connectivity index (χ0v) is 12.7. The van der Waals surface area contributed by atoms with Crippen LogP contribution in [0.25, 0.3) is 0 Å². The number of ether oxygens (including phenoxy) is 1. The monoisotopic (exact) mass is 320 g/mol. The van der Waals surface area contributed by atoms with Crippen molar-refractivity contribution in [2.75, 3.05) is 12.9 Å². The predicted octanol–water partition coefficient (Wildman–Crippen LogP) is 2.28. The van der Waals surface area contributed by atoms with Gasteiger partial charge in [-0.25, -0.2) is 0 Å². The maximum Gasteiger partial charge on any atom is 0.264 e. The molecule has 1 aromatic rings. The van der Waals surface area contributed by atoms with Crippen LogP contribution in [0.3, 0.4) is 0 Å². The highest BCUT2D eigenvalue weighted by Crippen LogP contribution is 2.33. The summed E-state index contributed by atoms with van der Waals surface area (Å²) in [4.78, 5) is 0. The van der Waals surface area contributed by atoms with Crippen molar-refractivity contribution in [3.63, 3.8) is 0 Å². The predicted molar refractivity (Wildman–Crippen MR) is 75.5 cm³/mol. The molecule has 1 N–H and O–H groups in total. The van der Waals surface area contributed by atoms with Gasteiger partial charge in [0, 0.05) is 6.42 Å². The van der Waals surface area contributed by atoms with E-state index in [9.17, 15) is 13.5 Å². The molecule has 5 nitrogen and oxygen atoms in total. The maximum atomic E-state index is 10.8. The van der Waals surface area contributed by atoms with Crippen LogP contribution < -0.4 is 4.74 Å². The minimum absolute atomic E-state index is 0.0715. The third kappa shape index (κ3) is 4.94. The average molecular weight is 321 g/mol. The molecule has 0 saturated heterocycles. The molecule has 0 aliphatic heterocycles. The minimum atomic E-state index is -3.48. The van der Waals surface area contributed by atoms with E-state index in [0.717, 1.165) is 19.1 Å². The molecule has 1 aromatic carbocycles. The van der Waals surface area contributed by atoms with Gasteiger partial charge in [-0.15, -0.1) is 0 Å². The molecular formula is C13H17ClO5S. The van der Waals surface area contributed by atoms with Crippen LogP contribution >= 0.6 is 11.6 Å². The summed E-state index contributed by atoms with van der Waals surface area (Å²) in [6, 6.07) is 5.07. The Morgan fingerprint density at radius 3 is 2.70 bits per heavy atom. The van der Waals surface area contributed by atoms with Gasteiger partial charge in [-0.05, 0) is 30.5 Å². The van der Waals surface area contributed by atoms with Crippen LogP contribution in [-0.4, -0.2) is 32.5 Å². The lowest BCUT2D eigenvalue weighted by atomic mass is 10.1. The molecule has 0 unspecified atom stereocenters. The first kappa shape index (κ1) is 15.6. The number of halogens is 1. The standard InChI is InChI=1S/C13H17ClO5S/c1-20(16,17)18-7-6-12(15)9-2-5-13(11(14)8-9)19-10-3-4-10/h2,5,8,10,12,15H,3-4,6-7H2,1H3/t12-/m0/s1. The molecule has 1 aliphatic carbocycles. The summed E-state index contributed by atoms with van der Waals surface area (Å²) in [6.07, 6.45) is 2.66. The zero-order valence-electron chi connectivity index (χ0n) is 11.1. The summed E-state index contributed by atoms with van der Waals surface area (Å²) in [5.74, 6) is 0.609. The second-order valence-electron chi connectivity index (χ2n) is 4.84. The fraction of sp³-hybridized carbons (Fsp3) is 0.538. The van der Waals surface area contributed by atoms with Crippen molar-refractivity contribution < 1.29 is 22.4 Å². The third-order valence-electron chi connectivity index (χ3n) is 2.85. The summed E-state index contributed by atoms with van der Waals surface area (Å²) in [5.41, 5.74) is 0.607. The maximum absolute atomic E-state index is 10.8. The normalized spacial score (nSPS) is 16.9. The van der Waals surface area contributed by atoms with Crippen LogP contribution in [0.4, 0.5) is 0 Å². The van der Waals surface area contributed by atoms with Gasteiger partial charge in [-0.2, -0.15) is 8.42 Å². The minimum Gasteiger partial charge on any atom is -0.489 e. The molecule has 1 aliphatic rings. The highest BCUT2D eigenvalue weighted by Gasteiger charge is 2.24. The van der Waals surface area contributed by atoms with E-state index < -0.39 is 16.2 Å². The molecule has 1 fully saturated rings. The van der Waals surface area contributed by atoms with Crippen molar-refractivity contribution in [1.82, 2.24) is 0 Å². The first-order valence-corrected chi connectivity index (χ1v) is 8.53. The van der Waals surface area contributed by atoms with Crippen molar-refractivity contribution in [1.29, 1.82) is 0 Å². The SMILES string of the molecule is CS(=O)(=O)OCC[C@H](O)c1ccc(OC2CC2)c(Cl)c1. The molecule has 2 rings (SSSR count). The van der Waals surface area contributed by atoms with E-state index in [-0.39, 0.29) is 19.1 Å². The Hall–Kier alpha value is -0.820. The average Bonchev–Trinajstić information content (AvgIpc) is 3.14. The molecule has 0 bridgehead atoms. The lowest BCUT2D eigenvalue weighted by Crippen LogP contribution is -2.08. The third-order valence-corrected chi connectivity index (χ3v) is 3.74. The quantitative estimate of drug-likeness (QED) is 0.780. The summed E-state index contributed by atoms with van der Waals surface area (Å²) in [5, 5.41) is 10.4. The highest BCUT2D eigenvalue weighted by atomic mass is 35.5. The van der Waals surface area contributed by atoms with E-state index >= 15 is 0 Å². The van der Waals surface area contributed by atoms with Crippen LogP contribution in [-0.2, 0) is 14.3 Å². The van der Waals surface area contributed by atoms with Crippen LogP contribution in [0.2, 0.25) is 5.02 Å². The fourth-order valence-corrected chi connectivity index (χ4v) is 2.30. The summed E-state index contributed by atoms with van der Waals surface area (Å²) < 4.78 is 31.8. The molecule has 1 atom stereocenters. The molecule has 0 heterocycles. The highest BCUT2D eigenvalue weighted by molar-refractivity contribution is 7.85. The summed E-state index contributed by atoms with van der Waals surface area (Å²) in [6.45, 7) is -0.0715. The van der Waals surface area contributed by atoms with E-state index in [2.05, 4.69) is 4.18 Å². The number of aliphatic hydroxyl groups excluding tert-OH is 1. The van der Waals surface area contributed by atoms with Gasteiger partial charge < -0.3 is 9.84 Å². The number of aliphatic hydroxyl groups is 1. The van der Waals surface area contributed by atoms with Crippen molar-refractivity contribution in [2.24, 2.45) is 0 Å². The number of hydrogen-bond acceptors (Lipinski definition) is 5. The van der Waals surface area contributed by atoms with Crippen LogP contribution in [0.1, 0.15) is 30.9 Å². The van der Waals surface area contributed by atoms with E-state index in [1.165, 1.54) is 0 Å². The lowest BCUT2D eigenvalue weighted by Gasteiger charge is -2.13. The molecule has 7 heteroatoms. The Morgan fingerprint density at radius 2 is 2.15 bits per heavy atom. The number of hydrogen-bond donors (Lipinski definition) is 1. The summed E-state index contributed by atoms with van der Waals surface area (Å²) in [7, 11) is -3.48. The van der Waals surface area contributed by atoms with E-state index in [4.69, 9.17) is 16.3 Å². The van der Waals surface area contributed by atoms with Gasteiger partial charge in [-0.3, -0.25) is 4.18 Å². The van der Waals surface area contributed by atoms with Crippen LogP contribution in [0.15, 0.2) is 18.2 Å². The van der Waals surface area contributed by atoms with Crippen molar-refractivity contribution in [3.8, 4) is 5.75 Å². The molecule has 0 radical (unpaired) electrons. The molecule has 0 aromatic heterocycles. The number of benzene rings is 1. The largest absolute Gasteiger partial charge is 0.489 e. The van der Waals surface area contributed by atoms with Gasteiger partial charge in [0.1, 0.15) is 5.75 Å². The first-order chi connectivity index (χ1) is 9.35. The van der Waals surface area contributed by atoms with E-state index in [1.807, 2.05) is 0 Å². The number of rotatable bonds is 7. The topological polar surface area (TPSA) is 72.8 Å². The van der Waals surface area contributed by atoms with Crippen molar-refractivity contribution >= 4 is 21.7 Å². The molecule has 1 saturated carbocycles.